The van der Waals surface area contributed by atoms with Crippen LogP contribution >= 0.6 is 0 Å². The Balaban J connectivity index is 1.78. The Morgan fingerprint density at radius 3 is 2.00 bits per heavy atom. The van der Waals surface area contributed by atoms with E-state index in [0.29, 0.717) is 0 Å². The normalized spacial score (nSPS) is 20.8. The summed E-state index contributed by atoms with van der Waals surface area (Å²) in [5.74, 6) is 0.942. The molecule has 1 fully saturated rings. The second-order valence-corrected chi connectivity index (χ2v) is 6.73. The fraction of sp³-hybridized carbons (Fsp3) is 1.00. The smallest absolute Gasteiger partial charge is 0.000703 e. The zero-order valence-electron chi connectivity index (χ0n) is 13.6. The van der Waals surface area contributed by atoms with Crippen molar-refractivity contribution in [3.05, 3.63) is 0 Å². The lowest BCUT2D eigenvalue weighted by Gasteiger charge is -2.30. The van der Waals surface area contributed by atoms with Crippen LogP contribution in [0.25, 0.3) is 0 Å². The summed E-state index contributed by atoms with van der Waals surface area (Å²) in [5.41, 5.74) is 0. The molecular formula is C18H37N. The Morgan fingerprint density at radius 2 is 1.42 bits per heavy atom. The topological polar surface area (TPSA) is 3.24 Å². The lowest BCUT2D eigenvalue weighted by Crippen LogP contribution is -2.34. The predicted molar refractivity (Wildman–Crippen MR) is 86.7 cm³/mol. The van der Waals surface area contributed by atoms with E-state index < -0.39 is 0 Å². The molecule has 1 atom stereocenters. The van der Waals surface area contributed by atoms with Crippen LogP contribution in [0.5, 0.6) is 0 Å². The molecule has 0 radical (unpaired) electrons. The summed E-state index contributed by atoms with van der Waals surface area (Å²) >= 11 is 0. The molecule has 1 saturated heterocycles. The molecular weight excluding hydrogens is 230 g/mol. The molecule has 1 nitrogen and oxygen atoms in total. The lowest BCUT2D eigenvalue weighted by atomic mass is 10.00. The fourth-order valence-electron chi connectivity index (χ4n) is 3.31. The molecule has 0 bridgehead atoms. The zero-order valence-corrected chi connectivity index (χ0v) is 13.6. The lowest BCUT2D eigenvalue weighted by molar-refractivity contribution is 0.180. The molecule has 1 unspecified atom stereocenters. The number of hydrogen-bond acceptors (Lipinski definition) is 1. The number of likely N-dealkylation sites (tertiary alicyclic amines) is 1. The summed E-state index contributed by atoms with van der Waals surface area (Å²) in [4.78, 5) is 2.69. The molecule has 1 heteroatoms. The highest BCUT2D eigenvalue weighted by Gasteiger charge is 2.14. The molecule has 0 N–H and O–H groups in total. The number of piperidine rings is 1. The molecule has 1 aliphatic heterocycles. The Hall–Kier alpha value is -0.0400. The van der Waals surface area contributed by atoms with Crippen LogP contribution in [0.1, 0.15) is 90.9 Å². The van der Waals surface area contributed by atoms with Gasteiger partial charge in [0, 0.05) is 6.54 Å². The first kappa shape index (κ1) is 17.0. The third-order valence-corrected chi connectivity index (χ3v) is 4.57. The molecule has 0 amide bonds. The first-order chi connectivity index (χ1) is 9.33. The minimum absolute atomic E-state index is 0.942. The van der Waals surface area contributed by atoms with Gasteiger partial charge in [-0.05, 0) is 38.3 Å². The van der Waals surface area contributed by atoms with Crippen LogP contribution in [-0.4, -0.2) is 24.5 Å². The largest absolute Gasteiger partial charge is 0.303 e. The molecule has 19 heavy (non-hydrogen) atoms. The van der Waals surface area contributed by atoms with E-state index in [1.807, 2.05) is 0 Å². The van der Waals surface area contributed by atoms with Crippen molar-refractivity contribution in [3.63, 3.8) is 0 Å². The maximum absolute atomic E-state index is 2.69. The predicted octanol–water partition coefficient (Wildman–Crippen LogP) is 5.64. The van der Waals surface area contributed by atoms with Crippen molar-refractivity contribution < 1.29 is 0 Å². The van der Waals surface area contributed by atoms with Crippen molar-refractivity contribution in [2.45, 2.75) is 90.9 Å². The van der Waals surface area contributed by atoms with Gasteiger partial charge < -0.3 is 4.90 Å². The van der Waals surface area contributed by atoms with Crippen molar-refractivity contribution in [2.75, 3.05) is 19.6 Å². The molecule has 114 valence electrons. The van der Waals surface area contributed by atoms with Crippen LogP contribution in [0.2, 0.25) is 0 Å². The fourth-order valence-corrected chi connectivity index (χ4v) is 3.31. The van der Waals surface area contributed by atoms with Gasteiger partial charge in [-0.25, -0.2) is 0 Å². The van der Waals surface area contributed by atoms with E-state index in [9.17, 15) is 0 Å². The monoisotopic (exact) mass is 267 g/mol. The Morgan fingerprint density at radius 1 is 0.842 bits per heavy atom. The summed E-state index contributed by atoms with van der Waals surface area (Å²) in [5, 5.41) is 0. The third-order valence-electron chi connectivity index (χ3n) is 4.57. The van der Waals surface area contributed by atoms with Crippen molar-refractivity contribution >= 4 is 0 Å². The van der Waals surface area contributed by atoms with Crippen molar-refractivity contribution in [1.29, 1.82) is 0 Å². The number of rotatable bonds is 11. The van der Waals surface area contributed by atoms with Gasteiger partial charge in [0.15, 0.2) is 0 Å². The summed E-state index contributed by atoms with van der Waals surface area (Å²) in [6.45, 7) is 8.79. The van der Waals surface area contributed by atoms with Gasteiger partial charge in [-0.2, -0.15) is 0 Å². The average molecular weight is 268 g/mol. The van der Waals surface area contributed by atoms with Gasteiger partial charge in [-0.1, -0.05) is 71.6 Å². The summed E-state index contributed by atoms with van der Waals surface area (Å²) in [7, 11) is 0. The molecule has 0 aromatic carbocycles. The van der Waals surface area contributed by atoms with Crippen LogP contribution in [0.3, 0.4) is 0 Å². The minimum Gasteiger partial charge on any atom is -0.303 e. The highest BCUT2D eigenvalue weighted by Crippen LogP contribution is 2.16. The van der Waals surface area contributed by atoms with Crippen LogP contribution in [0.15, 0.2) is 0 Å². The Labute approximate surface area is 122 Å². The van der Waals surface area contributed by atoms with Gasteiger partial charge in [0.25, 0.3) is 0 Å². The zero-order chi connectivity index (χ0) is 13.8. The molecule has 1 heterocycles. The van der Waals surface area contributed by atoms with Gasteiger partial charge in [-0.15, -0.1) is 0 Å². The second kappa shape index (κ2) is 11.8. The van der Waals surface area contributed by atoms with Gasteiger partial charge in [-0.3, -0.25) is 0 Å². The van der Waals surface area contributed by atoms with Crippen LogP contribution < -0.4 is 0 Å². The van der Waals surface area contributed by atoms with E-state index in [0.717, 1.165) is 5.92 Å². The van der Waals surface area contributed by atoms with E-state index in [4.69, 9.17) is 0 Å². The van der Waals surface area contributed by atoms with Crippen LogP contribution in [-0.2, 0) is 0 Å². The van der Waals surface area contributed by atoms with E-state index in [1.54, 1.807) is 0 Å². The SMILES string of the molecule is CCCCCCCCCCCCN1CCCC(C)C1. The standard InChI is InChI=1S/C18H37N/c1-3-4-5-6-7-8-9-10-11-12-15-19-16-13-14-18(2)17-19/h18H,3-17H2,1-2H3. The van der Waals surface area contributed by atoms with Crippen molar-refractivity contribution in [1.82, 2.24) is 4.90 Å². The minimum atomic E-state index is 0.942. The molecule has 0 spiro atoms. The summed E-state index contributed by atoms with van der Waals surface area (Å²) in [6.07, 6.45) is 17.4. The van der Waals surface area contributed by atoms with E-state index in [2.05, 4.69) is 18.7 Å². The molecule has 0 aromatic rings. The maximum atomic E-state index is 2.69. The first-order valence-corrected chi connectivity index (χ1v) is 9.05. The van der Waals surface area contributed by atoms with E-state index in [1.165, 1.54) is 96.7 Å². The number of unbranched alkanes of at least 4 members (excludes halogenated alkanes) is 9. The van der Waals surface area contributed by atoms with Crippen LogP contribution in [0.4, 0.5) is 0 Å². The number of nitrogens with zero attached hydrogens (tertiary/aromatic N) is 1. The third kappa shape index (κ3) is 9.49. The van der Waals surface area contributed by atoms with E-state index >= 15 is 0 Å². The molecule has 1 aliphatic rings. The summed E-state index contributed by atoms with van der Waals surface area (Å²) in [6, 6.07) is 0. The highest BCUT2D eigenvalue weighted by molar-refractivity contribution is 4.69. The van der Waals surface area contributed by atoms with Gasteiger partial charge in [0.05, 0.1) is 0 Å². The first-order valence-electron chi connectivity index (χ1n) is 9.05. The van der Waals surface area contributed by atoms with Gasteiger partial charge in [0.2, 0.25) is 0 Å². The maximum Gasteiger partial charge on any atom is 0.000703 e. The number of hydrogen-bond donors (Lipinski definition) is 0. The second-order valence-electron chi connectivity index (χ2n) is 6.73. The van der Waals surface area contributed by atoms with Gasteiger partial charge in [0.1, 0.15) is 0 Å². The molecule has 1 rings (SSSR count). The highest BCUT2D eigenvalue weighted by atomic mass is 15.1. The summed E-state index contributed by atoms with van der Waals surface area (Å²) < 4.78 is 0. The molecule has 0 saturated carbocycles. The van der Waals surface area contributed by atoms with Crippen LogP contribution in [0, 0.1) is 5.92 Å². The molecule has 0 aliphatic carbocycles. The van der Waals surface area contributed by atoms with Crippen molar-refractivity contribution in [2.24, 2.45) is 5.92 Å². The van der Waals surface area contributed by atoms with Crippen molar-refractivity contribution in [3.8, 4) is 0 Å². The van der Waals surface area contributed by atoms with Gasteiger partial charge >= 0.3 is 0 Å². The Kier molecular flexibility index (Phi) is 10.5. The average Bonchev–Trinajstić information content (AvgIpc) is 2.41. The Bertz CT molecular complexity index is 190. The van der Waals surface area contributed by atoms with E-state index in [-0.39, 0.29) is 0 Å². The quantitative estimate of drug-likeness (QED) is 0.438. The molecule has 0 aromatic heterocycles.